The maximum absolute atomic E-state index is 13.5. The highest BCUT2D eigenvalue weighted by Gasteiger charge is 2.51. The number of unbranched alkanes of at least 4 members (excludes halogenated alkanes) is 1. The summed E-state index contributed by atoms with van der Waals surface area (Å²) in [6.07, 6.45) is -4.59. The lowest BCUT2D eigenvalue weighted by Crippen LogP contribution is -2.70. The smallest absolute Gasteiger partial charge is 0.407 e. The third kappa shape index (κ3) is 15.2. The molecule has 4 aliphatic heterocycles. The van der Waals surface area contributed by atoms with Crippen LogP contribution in [0.1, 0.15) is 45.6 Å². The number of urea groups is 3. The van der Waals surface area contributed by atoms with Gasteiger partial charge in [0, 0.05) is 18.7 Å². The molecule has 0 unspecified atom stereocenters. The lowest BCUT2D eigenvalue weighted by Gasteiger charge is -2.44. The van der Waals surface area contributed by atoms with Crippen molar-refractivity contribution in [2.24, 2.45) is 27.9 Å². The van der Waals surface area contributed by atoms with Crippen molar-refractivity contribution in [1.29, 1.82) is 0 Å². The molecule has 4 aliphatic rings. The van der Waals surface area contributed by atoms with Gasteiger partial charge in [-0.25, -0.2) is 24.2 Å². The van der Waals surface area contributed by atoms with E-state index < -0.39 is 110 Å². The van der Waals surface area contributed by atoms with E-state index in [2.05, 4.69) is 61.4 Å². The Bertz CT molecular complexity index is 1840. The molecule has 4 fully saturated rings. The van der Waals surface area contributed by atoms with Crippen LogP contribution in [0.2, 0.25) is 0 Å². The van der Waals surface area contributed by atoms with Gasteiger partial charge >= 0.3 is 24.2 Å². The van der Waals surface area contributed by atoms with Crippen LogP contribution in [0.3, 0.4) is 0 Å². The number of aliphatic imine (C=N–C) groups is 1. The van der Waals surface area contributed by atoms with Crippen molar-refractivity contribution in [3.05, 3.63) is 35.9 Å². The SMILES string of the molecule is CC(C)NCCCCNCCCNC(=O)C=Cc1ccc(O[C@H]2O[C@H](C)[C@H](NC(=O)N[C@H]3OC[C@@H](O[C@@H]4OC[C@H]5OC(=O)N[C@@H]5[C@H]4NC(N)=O)[C@H](O)[C@H]3NC(N)=O)[C@H](O)[C@H]2N=C(N)N)cc1. The van der Waals surface area contributed by atoms with Crippen molar-refractivity contribution in [3.63, 3.8) is 0 Å². The Labute approximate surface area is 381 Å². The number of hydrogen-bond acceptors (Lipinski definition) is 16. The van der Waals surface area contributed by atoms with Crippen LogP contribution < -0.4 is 70.2 Å². The Kier molecular flexibility index (Phi) is 19.2. The summed E-state index contributed by atoms with van der Waals surface area (Å²) in [5.74, 6) is -0.299. The van der Waals surface area contributed by atoms with Crippen molar-refractivity contribution < 1.29 is 62.6 Å². The number of nitrogens with zero attached hydrogens (tertiary/aromatic N) is 1. The Morgan fingerprint density at radius 1 is 0.864 bits per heavy atom. The molecule has 66 heavy (non-hydrogen) atoms. The molecule has 0 spiro atoms. The number of nitrogens with one attached hydrogen (secondary N) is 8. The zero-order chi connectivity index (χ0) is 47.9. The summed E-state index contributed by atoms with van der Waals surface area (Å²) in [7, 11) is 0. The van der Waals surface area contributed by atoms with Crippen LogP contribution >= 0.6 is 0 Å². The summed E-state index contributed by atoms with van der Waals surface area (Å²) in [5.41, 5.74) is 22.9. The summed E-state index contributed by atoms with van der Waals surface area (Å²) in [5, 5.41) is 45.0. The van der Waals surface area contributed by atoms with Crippen molar-refractivity contribution in [3.8, 4) is 5.75 Å². The number of ether oxygens (including phenoxy) is 6. The number of alkyl carbamates (subject to hydrolysis) is 1. The molecule has 0 aliphatic carbocycles. The maximum atomic E-state index is 13.5. The van der Waals surface area contributed by atoms with E-state index in [-0.39, 0.29) is 19.1 Å². The second-order valence-corrected chi connectivity index (χ2v) is 16.4. The van der Waals surface area contributed by atoms with Crippen LogP contribution in [0.15, 0.2) is 35.3 Å². The van der Waals surface area contributed by atoms with Crippen LogP contribution in [0.25, 0.3) is 6.08 Å². The first-order chi connectivity index (χ1) is 31.5. The first kappa shape index (κ1) is 51.2. The topological polar surface area (TPSA) is 394 Å². The molecule has 0 bridgehead atoms. The molecule has 0 radical (unpaired) electrons. The molecule has 1 aromatic carbocycles. The van der Waals surface area contributed by atoms with Gasteiger partial charge in [-0.2, -0.15) is 0 Å². The van der Waals surface area contributed by atoms with E-state index >= 15 is 0 Å². The van der Waals surface area contributed by atoms with E-state index in [1.807, 2.05) is 0 Å². The van der Waals surface area contributed by atoms with Gasteiger partial charge in [-0.3, -0.25) is 4.79 Å². The Morgan fingerprint density at radius 2 is 1.56 bits per heavy atom. The monoisotopic (exact) mass is 935 g/mol. The molecular formula is C40H65N13O13. The third-order valence-corrected chi connectivity index (χ3v) is 10.9. The zero-order valence-electron chi connectivity index (χ0n) is 37.1. The van der Waals surface area contributed by atoms with E-state index in [1.54, 1.807) is 37.3 Å². The highest BCUT2D eigenvalue weighted by Crippen LogP contribution is 2.29. The number of nitrogens with two attached hydrogens (primary N) is 4. The minimum atomic E-state index is -1.60. The quantitative estimate of drug-likeness (QED) is 0.0245. The van der Waals surface area contributed by atoms with Crippen molar-refractivity contribution in [2.45, 2.75) is 126 Å². The number of carbonyl (C=O) groups is 5. The average Bonchev–Trinajstić information content (AvgIpc) is 3.64. The van der Waals surface area contributed by atoms with E-state index in [0.29, 0.717) is 23.9 Å². The molecule has 5 rings (SSSR count). The highest BCUT2D eigenvalue weighted by molar-refractivity contribution is 5.91. The second kappa shape index (κ2) is 24.7. The lowest BCUT2D eigenvalue weighted by atomic mass is 9.95. The number of amides is 8. The molecular weight excluding hydrogens is 871 g/mol. The number of rotatable bonds is 21. The lowest BCUT2D eigenvalue weighted by molar-refractivity contribution is -0.260. The fourth-order valence-electron chi connectivity index (χ4n) is 7.70. The van der Waals surface area contributed by atoms with Gasteiger partial charge in [0.1, 0.15) is 48.3 Å². The van der Waals surface area contributed by atoms with Gasteiger partial charge in [0.25, 0.3) is 0 Å². The Morgan fingerprint density at radius 3 is 2.26 bits per heavy atom. The van der Waals surface area contributed by atoms with Crippen molar-refractivity contribution in [2.75, 3.05) is 39.4 Å². The van der Waals surface area contributed by atoms with Gasteiger partial charge in [-0.1, -0.05) is 26.0 Å². The predicted molar refractivity (Wildman–Crippen MR) is 235 cm³/mol. The summed E-state index contributed by atoms with van der Waals surface area (Å²) in [4.78, 5) is 65.7. The predicted octanol–water partition coefficient (Wildman–Crippen LogP) is -3.62. The van der Waals surface area contributed by atoms with E-state index in [1.165, 1.54) is 6.08 Å². The van der Waals surface area contributed by atoms with Crippen LogP contribution in [-0.4, -0.2) is 171 Å². The van der Waals surface area contributed by atoms with Crippen LogP contribution in [-0.2, 0) is 28.5 Å². The van der Waals surface area contributed by atoms with Crippen molar-refractivity contribution in [1.82, 2.24) is 42.5 Å². The number of carbonyl (C=O) groups excluding carboxylic acids is 5. The van der Waals surface area contributed by atoms with E-state index in [0.717, 1.165) is 38.9 Å². The number of primary amides is 2. The molecule has 0 aromatic heterocycles. The summed E-state index contributed by atoms with van der Waals surface area (Å²) in [6.45, 7) is 8.58. The molecule has 368 valence electrons. The normalized spacial score (nSPS) is 30.6. The van der Waals surface area contributed by atoms with Gasteiger partial charge in [0.15, 0.2) is 18.5 Å². The molecule has 18 N–H and O–H groups in total. The standard InChI is InChI=1S/C40H65N13O13/c1-19(2)46-15-5-4-13-45-14-6-16-47-25(54)12-9-21-7-10-22(11-8-21)64-35-30(48-36(41)42)32(56)26(20(3)63-35)51-39(59)53-33-29(50-38(44)58)31(55)24(18-61-33)65-34-28(49-37(43)57)27-23(17-62-34)66-40(60)52-27/h7-12,19-20,23-24,26-35,45-46,55-56H,4-6,13-18H2,1-3H3,(H,47,54)(H,52,60)(H4,41,42,48)(H3,43,49,57)(H3,44,50,58)(H2,51,53,59)/t20-,23-,24-,26+,27+,28-,29-,30-,31+,32+,33+,34+,35-/m1/s1. The van der Waals surface area contributed by atoms with Gasteiger partial charge in [-0.05, 0) is 69.6 Å². The number of fused-ring (bicyclic) bond motifs is 1. The Balaban J connectivity index is 1.11. The maximum Gasteiger partial charge on any atom is 0.407 e. The van der Waals surface area contributed by atoms with Crippen LogP contribution in [0, 0.1) is 0 Å². The highest BCUT2D eigenvalue weighted by atomic mass is 16.7. The molecule has 0 saturated carbocycles. The molecule has 4 saturated heterocycles. The molecule has 4 heterocycles. The minimum absolute atomic E-state index is 0.127. The van der Waals surface area contributed by atoms with Crippen molar-refractivity contribution >= 4 is 42.1 Å². The van der Waals surface area contributed by atoms with E-state index in [4.69, 9.17) is 51.4 Å². The number of benzene rings is 1. The summed E-state index contributed by atoms with van der Waals surface area (Å²) < 4.78 is 34.7. The fourth-order valence-corrected chi connectivity index (χ4v) is 7.70. The first-order valence-electron chi connectivity index (χ1n) is 21.8. The van der Waals surface area contributed by atoms with Gasteiger partial charge in [-0.15, -0.1) is 0 Å². The van der Waals surface area contributed by atoms with Gasteiger partial charge in [0.2, 0.25) is 12.2 Å². The van der Waals surface area contributed by atoms with Gasteiger partial charge in [0.05, 0.1) is 31.4 Å². The minimum Gasteiger partial charge on any atom is -0.462 e. The number of guanidine groups is 1. The summed E-state index contributed by atoms with van der Waals surface area (Å²) >= 11 is 0. The molecule has 13 atom stereocenters. The molecule has 26 nitrogen and oxygen atoms in total. The number of hydrogen-bond donors (Lipinski definition) is 14. The largest absolute Gasteiger partial charge is 0.462 e. The van der Waals surface area contributed by atoms with E-state index in [9.17, 15) is 34.2 Å². The molecule has 26 heteroatoms. The Hall–Kier alpha value is -5.74. The average molecular weight is 936 g/mol. The first-order valence-corrected chi connectivity index (χ1v) is 21.8. The zero-order valence-corrected chi connectivity index (χ0v) is 37.1. The van der Waals surface area contributed by atoms with Gasteiger partial charge < -0.3 is 104 Å². The van der Waals surface area contributed by atoms with Crippen LogP contribution in [0.5, 0.6) is 5.75 Å². The molecule has 8 amide bonds. The van der Waals surface area contributed by atoms with Crippen LogP contribution in [0.4, 0.5) is 19.2 Å². The summed E-state index contributed by atoms with van der Waals surface area (Å²) in [6, 6.07) is -1.43. The third-order valence-electron chi connectivity index (χ3n) is 10.9. The number of aliphatic hydroxyl groups is 2. The fraction of sp³-hybridized carbons (Fsp3) is 0.650. The second-order valence-electron chi connectivity index (χ2n) is 16.4. The molecule has 1 aromatic rings. The number of aliphatic hydroxyl groups excluding tert-OH is 2.